The van der Waals surface area contributed by atoms with Crippen LogP contribution in [0.1, 0.15) is 5.82 Å². The Labute approximate surface area is 108 Å². The van der Waals surface area contributed by atoms with Crippen LogP contribution in [0.25, 0.3) is 0 Å². The molecule has 108 valence electrons. The zero-order valence-electron chi connectivity index (χ0n) is 9.26. The van der Waals surface area contributed by atoms with Crippen LogP contribution in [-0.2, 0) is 17.9 Å². The maximum Gasteiger partial charge on any atom is 0.325 e. The van der Waals surface area contributed by atoms with Crippen molar-refractivity contribution in [2.45, 2.75) is 30.7 Å². The molecule has 11 heteroatoms. The molecule has 0 atom stereocenters. The molecule has 0 unspecified atom stereocenters. The zero-order chi connectivity index (χ0) is 14.6. The number of hydrogen-bond acceptors (Lipinski definition) is 5. The molecule has 0 saturated carbocycles. The number of thioether (sulfide) groups is 1. The van der Waals surface area contributed by atoms with Gasteiger partial charge in [-0.05, 0) is 0 Å². The largest absolute Gasteiger partial charge is 0.481 e. The molecule has 0 aliphatic rings. The molecular formula is C8H9F4N3O3S. The number of nitrogens with zero attached hydrogens (tertiary/aromatic N) is 3. The number of hydrogen-bond donors (Lipinski definition) is 2. The lowest BCUT2D eigenvalue weighted by atomic mass is 10.3. The van der Waals surface area contributed by atoms with E-state index in [0.717, 1.165) is 0 Å². The van der Waals surface area contributed by atoms with E-state index in [0.29, 0.717) is 16.3 Å². The molecule has 0 aliphatic heterocycles. The summed E-state index contributed by atoms with van der Waals surface area (Å²) >= 11 is 0.544. The average molecular weight is 303 g/mol. The van der Waals surface area contributed by atoms with Gasteiger partial charge in [0.1, 0.15) is 6.61 Å². The predicted molar refractivity (Wildman–Crippen MR) is 55.3 cm³/mol. The maximum atomic E-state index is 13.0. The lowest BCUT2D eigenvalue weighted by Crippen LogP contribution is -2.33. The van der Waals surface area contributed by atoms with Crippen LogP contribution in [0.4, 0.5) is 17.6 Å². The van der Waals surface area contributed by atoms with E-state index in [-0.39, 0.29) is 11.0 Å². The Hall–Kier alpha value is -1.36. The van der Waals surface area contributed by atoms with Crippen LogP contribution in [-0.4, -0.2) is 49.0 Å². The number of halogens is 4. The number of aliphatic hydroxyl groups excluding tert-OH is 1. The minimum atomic E-state index is -4.33. The third-order valence-electron chi connectivity index (χ3n) is 1.95. The molecule has 0 spiro atoms. The molecule has 0 aromatic carbocycles. The molecule has 0 amide bonds. The lowest BCUT2D eigenvalue weighted by molar-refractivity contribution is -0.139. The summed E-state index contributed by atoms with van der Waals surface area (Å²) in [6.07, 6.45) is -3.89. The summed E-state index contributed by atoms with van der Waals surface area (Å²) in [5, 5.41) is 23.8. The number of alkyl halides is 4. The van der Waals surface area contributed by atoms with Gasteiger partial charge in [-0.25, -0.2) is 8.78 Å². The molecule has 0 aliphatic carbocycles. The second-order valence-electron chi connectivity index (χ2n) is 3.39. The normalized spacial score (nSPS) is 12.1. The van der Waals surface area contributed by atoms with E-state index >= 15 is 0 Å². The molecule has 0 fully saturated rings. The van der Waals surface area contributed by atoms with E-state index in [1.165, 1.54) is 0 Å². The molecule has 0 bridgehead atoms. The van der Waals surface area contributed by atoms with Crippen molar-refractivity contribution in [1.29, 1.82) is 0 Å². The van der Waals surface area contributed by atoms with E-state index in [4.69, 9.17) is 10.2 Å². The van der Waals surface area contributed by atoms with Crippen molar-refractivity contribution in [2.24, 2.45) is 0 Å². The highest BCUT2D eigenvalue weighted by atomic mass is 32.2. The van der Waals surface area contributed by atoms with Gasteiger partial charge in [-0.3, -0.25) is 9.36 Å². The van der Waals surface area contributed by atoms with Crippen LogP contribution in [0.3, 0.4) is 0 Å². The number of rotatable bonds is 7. The van der Waals surface area contributed by atoms with Gasteiger partial charge in [0.25, 0.3) is 0 Å². The first-order chi connectivity index (χ1) is 8.77. The Bertz CT molecular complexity index is 454. The Kier molecular flexibility index (Phi) is 5.11. The third-order valence-corrected chi connectivity index (χ3v) is 2.90. The molecular weight excluding hydrogens is 294 g/mol. The van der Waals surface area contributed by atoms with Crippen molar-refractivity contribution in [1.82, 2.24) is 14.8 Å². The van der Waals surface area contributed by atoms with Crippen molar-refractivity contribution in [3.05, 3.63) is 5.82 Å². The number of aromatic nitrogens is 3. The van der Waals surface area contributed by atoms with Crippen LogP contribution >= 0.6 is 11.8 Å². The summed E-state index contributed by atoms with van der Waals surface area (Å²) in [5.41, 5.74) is 0. The van der Waals surface area contributed by atoms with Crippen LogP contribution in [0.2, 0.25) is 0 Å². The number of aliphatic carboxylic acids is 1. The minimum absolute atomic E-state index is 0.272. The highest BCUT2D eigenvalue weighted by Gasteiger charge is 2.42. The lowest BCUT2D eigenvalue weighted by Gasteiger charge is -2.17. The van der Waals surface area contributed by atoms with E-state index in [2.05, 4.69) is 10.2 Å². The monoisotopic (exact) mass is 303 g/mol. The second-order valence-corrected chi connectivity index (χ2v) is 4.33. The average Bonchev–Trinajstić information content (AvgIpc) is 2.67. The SMILES string of the molecule is O=C(O)CSc1nnc(CO)n1CC(F)(F)C(F)F. The van der Waals surface area contributed by atoms with Gasteiger partial charge in [-0.15, -0.1) is 10.2 Å². The van der Waals surface area contributed by atoms with Gasteiger partial charge in [-0.2, -0.15) is 8.78 Å². The quantitative estimate of drug-likeness (QED) is 0.573. The van der Waals surface area contributed by atoms with Gasteiger partial charge >= 0.3 is 18.3 Å². The first kappa shape index (κ1) is 15.7. The van der Waals surface area contributed by atoms with Gasteiger partial charge < -0.3 is 10.2 Å². The molecule has 1 aromatic heterocycles. The fraction of sp³-hybridized carbons (Fsp3) is 0.625. The smallest absolute Gasteiger partial charge is 0.325 e. The van der Waals surface area contributed by atoms with E-state index < -0.39 is 37.2 Å². The summed E-state index contributed by atoms with van der Waals surface area (Å²) in [7, 11) is 0. The van der Waals surface area contributed by atoms with E-state index in [1.807, 2.05) is 0 Å². The minimum Gasteiger partial charge on any atom is -0.481 e. The van der Waals surface area contributed by atoms with Crippen molar-refractivity contribution >= 4 is 17.7 Å². The number of carboxylic acids is 1. The number of aliphatic hydroxyl groups is 1. The second kappa shape index (κ2) is 6.19. The summed E-state index contributed by atoms with van der Waals surface area (Å²) < 4.78 is 50.8. The Morgan fingerprint density at radius 3 is 2.53 bits per heavy atom. The molecule has 1 aromatic rings. The van der Waals surface area contributed by atoms with Crippen LogP contribution in [0.5, 0.6) is 0 Å². The highest BCUT2D eigenvalue weighted by molar-refractivity contribution is 7.99. The molecule has 0 radical (unpaired) electrons. The van der Waals surface area contributed by atoms with Gasteiger partial charge in [0.2, 0.25) is 0 Å². The third kappa shape index (κ3) is 4.06. The van der Waals surface area contributed by atoms with Gasteiger partial charge in [-0.1, -0.05) is 11.8 Å². The topological polar surface area (TPSA) is 88.2 Å². The predicted octanol–water partition coefficient (Wildman–Crippen LogP) is 0.848. The summed E-state index contributed by atoms with van der Waals surface area (Å²) in [6, 6.07) is 0. The summed E-state index contributed by atoms with van der Waals surface area (Å²) in [6.45, 7) is -2.21. The van der Waals surface area contributed by atoms with Gasteiger partial charge in [0, 0.05) is 0 Å². The molecule has 1 heterocycles. The van der Waals surface area contributed by atoms with Crippen molar-refractivity contribution in [3.63, 3.8) is 0 Å². The summed E-state index contributed by atoms with van der Waals surface area (Å²) in [4.78, 5) is 10.4. The first-order valence-corrected chi connectivity index (χ1v) is 5.80. The van der Waals surface area contributed by atoms with Crippen molar-refractivity contribution < 1.29 is 32.6 Å². The highest BCUT2D eigenvalue weighted by Crippen LogP contribution is 2.28. The maximum absolute atomic E-state index is 13.0. The molecule has 0 saturated heterocycles. The zero-order valence-corrected chi connectivity index (χ0v) is 10.1. The van der Waals surface area contributed by atoms with Crippen molar-refractivity contribution in [3.8, 4) is 0 Å². The fourth-order valence-electron chi connectivity index (χ4n) is 1.11. The molecule has 1 rings (SSSR count). The van der Waals surface area contributed by atoms with Crippen LogP contribution in [0, 0.1) is 0 Å². The Morgan fingerprint density at radius 1 is 1.42 bits per heavy atom. The Balaban J connectivity index is 2.96. The van der Waals surface area contributed by atoms with E-state index in [1.54, 1.807) is 0 Å². The van der Waals surface area contributed by atoms with Crippen LogP contribution < -0.4 is 0 Å². The standard InChI is InChI=1S/C8H9F4N3O3S/c9-6(10)8(11,12)3-15-4(1-16)13-14-7(15)19-2-5(17)18/h6,16H,1-3H2,(H,17,18). The van der Waals surface area contributed by atoms with Gasteiger partial charge in [0.05, 0.1) is 12.3 Å². The van der Waals surface area contributed by atoms with Gasteiger partial charge in [0.15, 0.2) is 11.0 Å². The summed E-state index contributed by atoms with van der Waals surface area (Å²) in [5.74, 6) is -6.40. The number of carboxylic acid groups (broad SMARTS) is 1. The van der Waals surface area contributed by atoms with Crippen molar-refractivity contribution in [2.75, 3.05) is 5.75 Å². The number of carbonyl (C=O) groups is 1. The Morgan fingerprint density at radius 2 is 2.05 bits per heavy atom. The van der Waals surface area contributed by atoms with E-state index in [9.17, 15) is 22.4 Å². The fourth-order valence-corrected chi connectivity index (χ4v) is 1.78. The molecule has 19 heavy (non-hydrogen) atoms. The van der Waals surface area contributed by atoms with Crippen LogP contribution in [0.15, 0.2) is 5.16 Å². The molecule has 6 nitrogen and oxygen atoms in total. The first-order valence-electron chi connectivity index (χ1n) is 4.81. The molecule has 2 N–H and O–H groups in total.